The summed E-state index contributed by atoms with van der Waals surface area (Å²) in [5, 5.41) is 6.05. The molecule has 3 rings (SSSR count). The van der Waals surface area contributed by atoms with Gasteiger partial charge in [-0.25, -0.2) is 5.10 Å². The molecule has 0 aliphatic rings. The highest BCUT2D eigenvalue weighted by atomic mass is 16.5. The van der Waals surface area contributed by atoms with Crippen LogP contribution in [0, 0.1) is 0 Å². The molecule has 0 saturated carbocycles. The monoisotopic (exact) mass is 348 g/mol. The lowest BCUT2D eigenvalue weighted by molar-refractivity contribution is 0.104. The van der Waals surface area contributed by atoms with Gasteiger partial charge in [0.15, 0.2) is 5.78 Å². The first kappa shape index (κ1) is 17.2. The van der Waals surface area contributed by atoms with E-state index in [2.05, 4.69) is 10.2 Å². The van der Waals surface area contributed by atoms with E-state index in [1.54, 1.807) is 37.5 Å². The Morgan fingerprint density at radius 2 is 1.65 bits per heavy atom. The standard InChI is InChI=1S/C20H16N2O4/c1-25-16-7-2-14(3-8-16)4-11-18(23)15-5-9-17(10-6-15)26-20-13-12-19(24)21-22-20/h2-13H,1H3,(H,21,24). The average Bonchev–Trinajstić information content (AvgIpc) is 2.69. The number of aromatic amines is 1. The van der Waals surface area contributed by atoms with Crippen molar-refractivity contribution in [2.45, 2.75) is 0 Å². The Morgan fingerprint density at radius 1 is 0.962 bits per heavy atom. The van der Waals surface area contributed by atoms with Gasteiger partial charge in [0.2, 0.25) is 5.88 Å². The third-order valence-corrected chi connectivity index (χ3v) is 3.56. The van der Waals surface area contributed by atoms with Crippen molar-refractivity contribution in [2.24, 2.45) is 0 Å². The molecule has 0 amide bonds. The first-order valence-corrected chi connectivity index (χ1v) is 7.84. The lowest BCUT2D eigenvalue weighted by Gasteiger charge is -2.04. The van der Waals surface area contributed by atoms with E-state index in [0.717, 1.165) is 11.3 Å². The summed E-state index contributed by atoms with van der Waals surface area (Å²) in [6.07, 6.45) is 3.26. The highest BCUT2D eigenvalue weighted by Crippen LogP contribution is 2.19. The van der Waals surface area contributed by atoms with Gasteiger partial charge in [0.1, 0.15) is 11.5 Å². The maximum Gasteiger partial charge on any atom is 0.264 e. The van der Waals surface area contributed by atoms with E-state index in [1.165, 1.54) is 18.2 Å². The molecule has 1 N–H and O–H groups in total. The summed E-state index contributed by atoms with van der Waals surface area (Å²) in [5.74, 6) is 1.43. The third kappa shape index (κ3) is 4.45. The van der Waals surface area contributed by atoms with Crippen LogP contribution in [-0.2, 0) is 0 Å². The zero-order valence-corrected chi connectivity index (χ0v) is 14.0. The van der Waals surface area contributed by atoms with Crippen molar-refractivity contribution < 1.29 is 14.3 Å². The van der Waals surface area contributed by atoms with Gasteiger partial charge in [0.25, 0.3) is 5.56 Å². The summed E-state index contributed by atoms with van der Waals surface area (Å²) >= 11 is 0. The van der Waals surface area contributed by atoms with Crippen LogP contribution >= 0.6 is 0 Å². The molecule has 0 radical (unpaired) electrons. The molecule has 6 heteroatoms. The van der Waals surface area contributed by atoms with Gasteiger partial charge >= 0.3 is 0 Å². The second-order valence-electron chi connectivity index (χ2n) is 5.36. The lowest BCUT2D eigenvalue weighted by atomic mass is 10.1. The lowest BCUT2D eigenvalue weighted by Crippen LogP contribution is -2.05. The number of nitrogens with zero attached hydrogens (tertiary/aromatic N) is 1. The molecule has 26 heavy (non-hydrogen) atoms. The highest BCUT2D eigenvalue weighted by Gasteiger charge is 2.04. The average molecular weight is 348 g/mol. The van der Waals surface area contributed by atoms with Crippen LogP contribution in [0.25, 0.3) is 6.08 Å². The molecular formula is C20H16N2O4. The molecule has 130 valence electrons. The Labute approximate surface area is 149 Å². The largest absolute Gasteiger partial charge is 0.497 e. The van der Waals surface area contributed by atoms with E-state index in [9.17, 15) is 9.59 Å². The van der Waals surface area contributed by atoms with Gasteiger partial charge < -0.3 is 9.47 Å². The number of carbonyl (C=O) groups excluding carboxylic acids is 1. The van der Waals surface area contributed by atoms with Gasteiger partial charge in [0, 0.05) is 17.7 Å². The Bertz CT molecular complexity index is 953. The van der Waals surface area contributed by atoms with Crippen molar-refractivity contribution in [3.63, 3.8) is 0 Å². The number of benzene rings is 2. The first-order valence-electron chi connectivity index (χ1n) is 7.84. The number of ketones is 1. The number of methoxy groups -OCH3 is 1. The molecule has 2 aromatic carbocycles. The first-order chi connectivity index (χ1) is 12.6. The zero-order valence-electron chi connectivity index (χ0n) is 14.0. The number of allylic oxidation sites excluding steroid dienone is 1. The predicted octanol–water partition coefficient (Wildman–Crippen LogP) is 3.47. The SMILES string of the molecule is COc1ccc(C=CC(=O)c2ccc(Oc3ccc(=O)[nH]n3)cc2)cc1. The van der Waals surface area contributed by atoms with Gasteiger partial charge in [-0.05, 0) is 48.0 Å². The van der Waals surface area contributed by atoms with Crippen molar-refractivity contribution in [1.82, 2.24) is 10.2 Å². The number of nitrogens with one attached hydrogen (secondary N) is 1. The fourth-order valence-corrected chi connectivity index (χ4v) is 2.18. The van der Waals surface area contributed by atoms with Crippen LogP contribution in [0.5, 0.6) is 17.4 Å². The second-order valence-corrected chi connectivity index (χ2v) is 5.36. The minimum absolute atomic E-state index is 0.116. The van der Waals surface area contributed by atoms with E-state index < -0.39 is 0 Å². The van der Waals surface area contributed by atoms with Crippen LogP contribution in [0.3, 0.4) is 0 Å². The van der Waals surface area contributed by atoms with Crippen molar-refractivity contribution in [1.29, 1.82) is 0 Å². The topological polar surface area (TPSA) is 81.3 Å². The van der Waals surface area contributed by atoms with Crippen LogP contribution < -0.4 is 15.0 Å². The Morgan fingerprint density at radius 3 is 2.27 bits per heavy atom. The molecule has 3 aromatic rings. The molecule has 0 unspecified atom stereocenters. The summed E-state index contributed by atoms with van der Waals surface area (Å²) in [5.41, 5.74) is 1.14. The highest BCUT2D eigenvalue weighted by molar-refractivity contribution is 6.06. The van der Waals surface area contributed by atoms with Crippen molar-refractivity contribution >= 4 is 11.9 Å². The van der Waals surface area contributed by atoms with Gasteiger partial charge in [-0.15, -0.1) is 5.10 Å². The molecule has 0 saturated heterocycles. The molecular weight excluding hydrogens is 332 g/mol. The number of hydrogen-bond donors (Lipinski definition) is 1. The van der Waals surface area contributed by atoms with Gasteiger partial charge in [-0.2, -0.15) is 0 Å². The molecule has 6 nitrogen and oxygen atoms in total. The van der Waals surface area contributed by atoms with E-state index >= 15 is 0 Å². The predicted molar refractivity (Wildman–Crippen MR) is 97.7 cm³/mol. The Hall–Kier alpha value is -3.67. The van der Waals surface area contributed by atoms with Crippen molar-refractivity contribution in [3.05, 3.63) is 88.2 Å². The van der Waals surface area contributed by atoms with Crippen LogP contribution in [0.15, 0.2) is 71.5 Å². The van der Waals surface area contributed by atoms with Crippen LogP contribution in [0.4, 0.5) is 0 Å². The number of aromatic nitrogens is 2. The van der Waals surface area contributed by atoms with Crippen LogP contribution in [0.1, 0.15) is 15.9 Å². The van der Waals surface area contributed by atoms with Crippen molar-refractivity contribution in [3.8, 4) is 17.4 Å². The van der Waals surface area contributed by atoms with Gasteiger partial charge in [-0.1, -0.05) is 18.2 Å². The number of ether oxygens (including phenoxy) is 2. The maximum atomic E-state index is 12.2. The normalized spacial score (nSPS) is 10.7. The number of carbonyl (C=O) groups is 1. The molecule has 0 aliphatic heterocycles. The molecule has 0 fully saturated rings. The summed E-state index contributed by atoms with van der Waals surface area (Å²) in [6, 6.07) is 16.9. The van der Waals surface area contributed by atoms with E-state index in [1.807, 2.05) is 24.3 Å². The zero-order chi connectivity index (χ0) is 18.4. The summed E-state index contributed by atoms with van der Waals surface area (Å²) in [7, 11) is 1.61. The molecule has 1 heterocycles. The summed E-state index contributed by atoms with van der Waals surface area (Å²) < 4.78 is 10.6. The minimum atomic E-state index is -0.304. The van der Waals surface area contributed by atoms with Crippen molar-refractivity contribution in [2.75, 3.05) is 7.11 Å². The van der Waals surface area contributed by atoms with E-state index in [-0.39, 0.29) is 17.2 Å². The quantitative estimate of drug-likeness (QED) is 0.545. The van der Waals surface area contributed by atoms with E-state index in [0.29, 0.717) is 11.3 Å². The summed E-state index contributed by atoms with van der Waals surface area (Å²) in [6.45, 7) is 0. The molecule has 0 aliphatic carbocycles. The fraction of sp³-hybridized carbons (Fsp3) is 0.0500. The van der Waals surface area contributed by atoms with Crippen LogP contribution in [0.2, 0.25) is 0 Å². The molecule has 0 bridgehead atoms. The Balaban J connectivity index is 1.65. The Kier molecular flexibility index (Phi) is 5.24. The maximum absolute atomic E-state index is 12.2. The fourth-order valence-electron chi connectivity index (χ4n) is 2.18. The number of rotatable bonds is 6. The molecule has 0 spiro atoms. The number of H-pyrrole nitrogens is 1. The number of hydrogen-bond acceptors (Lipinski definition) is 5. The van der Waals surface area contributed by atoms with Gasteiger partial charge in [-0.3, -0.25) is 9.59 Å². The smallest absolute Gasteiger partial charge is 0.264 e. The molecule has 0 atom stereocenters. The van der Waals surface area contributed by atoms with Crippen LogP contribution in [-0.4, -0.2) is 23.1 Å². The molecule has 1 aromatic heterocycles. The second kappa shape index (κ2) is 7.94. The third-order valence-electron chi connectivity index (χ3n) is 3.56. The van der Waals surface area contributed by atoms with E-state index in [4.69, 9.17) is 9.47 Å². The summed E-state index contributed by atoms with van der Waals surface area (Å²) in [4.78, 5) is 23.2. The minimum Gasteiger partial charge on any atom is -0.497 e. The van der Waals surface area contributed by atoms with Gasteiger partial charge in [0.05, 0.1) is 7.11 Å².